The molecule has 1 heterocycles. The summed E-state index contributed by atoms with van der Waals surface area (Å²) in [6.07, 6.45) is 1.64. The van der Waals surface area contributed by atoms with Crippen LogP contribution in [0.25, 0.3) is 10.8 Å². The minimum Gasteiger partial charge on any atom is -0.483 e. The first-order valence-corrected chi connectivity index (χ1v) is 9.83. The summed E-state index contributed by atoms with van der Waals surface area (Å²) in [5, 5.41) is 7.51. The monoisotopic (exact) mass is 411 g/mol. The first-order valence-electron chi connectivity index (χ1n) is 9.83. The second-order valence-corrected chi connectivity index (χ2v) is 7.07. The normalized spacial score (nSPS) is 10.5. The van der Waals surface area contributed by atoms with Crippen molar-refractivity contribution < 1.29 is 14.3 Å². The number of carbonyl (C=O) groups excluding carboxylic acids is 2. The number of fused-ring (bicyclic) bond motifs is 1. The van der Waals surface area contributed by atoms with E-state index in [0.29, 0.717) is 22.8 Å². The summed E-state index contributed by atoms with van der Waals surface area (Å²) in [4.78, 5) is 29.0. The highest BCUT2D eigenvalue weighted by atomic mass is 16.5. The molecule has 6 nitrogen and oxygen atoms in total. The zero-order chi connectivity index (χ0) is 21.6. The van der Waals surface area contributed by atoms with Gasteiger partial charge in [0, 0.05) is 22.8 Å². The Bertz CT molecular complexity index is 1250. The van der Waals surface area contributed by atoms with Crippen molar-refractivity contribution in [2.24, 2.45) is 0 Å². The molecule has 1 aromatic heterocycles. The minimum absolute atomic E-state index is 0.141. The Labute approximate surface area is 179 Å². The van der Waals surface area contributed by atoms with Crippen molar-refractivity contribution in [2.75, 3.05) is 17.2 Å². The number of hydrogen-bond acceptors (Lipinski definition) is 4. The Kier molecular flexibility index (Phi) is 5.89. The molecular weight excluding hydrogens is 390 g/mol. The predicted molar refractivity (Wildman–Crippen MR) is 121 cm³/mol. The van der Waals surface area contributed by atoms with Crippen LogP contribution in [0, 0.1) is 6.92 Å². The molecule has 0 atom stereocenters. The van der Waals surface area contributed by atoms with E-state index in [1.54, 1.807) is 36.5 Å². The number of ether oxygens (including phenoxy) is 1. The Morgan fingerprint density at radius 1 is 0.903 bits per heavy atom. The van der Waals surface area contributed by atoms with Crippen LogP contribution in [0.2, 0.25) is 0 Å². The van der Waals surface area contributed by atoms with E-state index < -0.39 is 0 Å². The zero-order valence-electron chi connectivity index (χ0n) is 17.0. The van der Waals surface area contributed by atoms with Crippen LogP contribution in [0.3, 0.4) is 0 Å². The van der Waals surface area contributed by atoms with Crippen LogP contribution in [0.1, 0.15) is 15.9 Å². The van der Waals surface area contributed by atoms with Gasteiger partial charge < -0.3 is 15.4 Å². The van der Waals surface area contributed by atoms with E-state index in [1.807, 2.05) is 55.5 Å². The maximum atomic E-state index is 12.5. The quantitative estimate of drug-likeness (QED) is 0.477. The molecule has 31 heavy (non-hydrogen) atoms. The van der Waals surface area contributed by atoms with Gasteiger partial charge in [-0.15, -0.1) is 0 Å². The Hall–Kier alpha value is -4.19. The van der Waals surface area contributed by atoms with Crippen LogP contribution in [0.4, 0.5) is 11.5 Å². The van der Waals surface area contributed by atoms with E-state index in [0.717, 1.165) is 16.3 Å². The second kappa shape index (κ2) is 9.09. The third-order valence-corrected chi connectivity index (χ3v) is 4.67. The number of rotatable bonds is 6. The first-order chi connectivity index (χ1) is 15.1. The lowest BCUT2D eigenvalue weighted by Gasteiger charge is -2.11. The van der Waals surface area contributed by atoms with Gasteiger partial charge in [-0.1, -0.05) is 42.5 Å². The van der Waals surface area contributed by atoms with Gasteiger partial charge in [-0.05, 0) is 54.3 Å². The summed E-state index contributed by atoms with van der Waals surface area (Å²) in [5.74, 6) is 0.502. The molecule has 4 rings (SSSR count). The molecule has 0 bridgehead atoms. The van der Waals surface area contributed by atoms with Crippen molar-refractivity contribution >= 4 is 34.1 Å². The highest BCUT2D eigenvalue weighted by molar-refractivity contribution is 6.05. The van der Waals surface area contributed by atoms with E-state index in [4.69, 9.17) is 4.74 Å². The number of benzene rings is 3. The van der Waals surface area contributed by atoms with Crippen LogP contribution in [0.15, 0.2) is 85.1 Å². The fourth-order valence-electron chi connectivity index (χ4n) is 3.19. The van der Waals surface area contributed by atoms with Crippen LogP contribution in [-0.4, -0.2) is 23.4 Å². The number of aryl methyl sites for hydroxylation is 1. The number of nitrogens with one attached hydrogen (secondary N) is 2. The second-order valence-electron chi connectivity index (χ2n) is 7.07. The molecule has 154 valence electrons. The Morgan fingerprint density at radius 3 is 2.58 bits per heavy atom. The molecule has 0 aliphatic rings. The Morgan fingerprint density at radius 2 is 1.71 bits per heavy atom. The fraction of sp³-hybridized carbons (Fsp3) is 0.0800. The number of carbonyl (C=O) groups is 2. The van der Waals surface area contributed by atoms with Crippen molar-refractivity contribution in [3.05, 3.63) is 96.2 Å². The summed E-state index contributed by atoms with van der Waals surface area (Å²) in [6, 6.07) is 23.9. The van der Waals surface area contributed by atoms with Crippen molar-refractivity contribution in [2.45, 2.75) is 6.92 Å². The van der Waals surface area contributed by atoms with Gasteiger partial charge in [-0.2, -0.15) is 0 Å². The van der Waals surface area contributed by atoms with Gasteiger partial charge in [-0.25, -0.2) is 4.98 Å². The van der Waals surface area contributed by atoms with Crippen LogP contribution in [0.5, 0.6) is 5.75 Å². The van der Waals surface area contributed by atoms with Crippen LogP contribution < -0.4 is 15.4 Å². The van der Waals surface area contributed by atoms with Gasteiger partial charge in [-0.3, -0.25) is 9.59 Å². The van der Waals surface area contributed by atoms with E-state index in [2.05, 4.69) is 15.6 Å². The van der Waals surface area contributed by atoms with Crippen molar-refractivity contribution in [1.82, 2.24) is 4.98 Å². The molecule has 0 saturated carbocycles. The summed E-state index contributed by atoms with van der Waals surface area (Å²) in [7, 11) is 0. The van der Waals surface area contributed by atoms with Gasteiger partial charge in [0.15, 0.2) is 6.61 Å². The zero-order valence-corrected chi connectivity index (χ0v) is 17.0. The third-order valence-electron chi connectivity index (χ3n) is 4.67. The number of aromatic nitrogens is 1. The van der Waals surface area contributed by atoms with E-state index in [-0.39, 0.29) is 18.4 Å². The van der Waals surface area contributed by atoms with Crippen LogP contribution in [-0.2, 0) is 4.79 Å². The molecule has 0 aliphatic heterocycles. The number of hydrogen-bond donors (Lipinski definition) is 2. The molecule has 0 saturated heterocycles. The lowest BCUT2D eigenvalue weighted by Crippen LogP contribution is -2.20. The molecule has 0 unspecified atom stereocenters. The molecule has 2 amide bonds. The highest BCUT2D eigenvalue weighted by Crippen LogP contribution is 2.25. The lowest BCUT2D eigenvalue weighted by molar-refractivity contribution is -0.118. The number of nitrogens with zero attached hydrogens (tertiary/aromatic N) is 1. The average Bonchev–Trinajstić information content (AvgIpc) is 2.78. The van der Waals surface area contributed by atoms with E-state index >= 15 is 0 Å². The minimum atomic E-state index is -0.314. The van der Waals surface area contributed by atoms with Gasteiger partial charge in [0.25, 0.3) is 11.8 Å². The number of pyridine rings is 1. The summed E-state index contributed by atoms with van der Waals surface area (Å²) >= 11 is 0. The van der Waals surface area contributed by atoms with Gasteiger partial charge >= 0.3 is 0 Å². The van der Waals surface area contributed by atoms with Crippen molar-refractivity contribution in [3.63, 3.8) is 0 Å². The molecule has 0 spiro atoms. The van der Waals surface area contributed by atoms with E-state index in [1.165, 1.54) is 0 Å². The molecule has 6 heteroatoms. The lowest BCUT2D eigenvalue weighted by atomic mass is 10.1. The van der Waals surface area contributed by atoms with Crippen molar-refractivity contribution in [3.8, 4) is 5.75 Å². The topological polar surface area (TPSA) is 80.3 Å². The standard InChI is InChI=1S/C25H21N3O3/c1-17-12-13-26-23(14-17)28-25(30)19-8-4-9-20(15-19)27-24(29)16-31-22-11-5-7-18-6-2-3-10-21(18)22/h2-15H,16H2,1H3,(H,27,29)(H,26,28,30). The predicted octanol–water partition coefficient (Wildman–Crippen LogP) is 4.81. The maximum absolute atomic E-state index is 12.5. The Balaban J connectivity index is 1.39. The summed E-state index contributed by atoms with van der Waals surface area (Å²) < 4.78 is 5.72. The molecule has 4 aromatic rings. The molecule has 0 aliphatic carbocycles. The molecule has 0 fully saturated rings. The summed E-state index contributed by atoms with van der Waals surface area (Å²) in [6.45, 7) is 1.78. The summed E-state index contributed by atoms with van der Waals surface area (Å²) in [5.41, 5.74) is 1.92. The largest absolute Gasteiger partial charge is 0.483 e. The van der Waals surface area contributed by atoms with Gasteiger partial charge in [0.05, 0.1) is 0 Å². The van der Waals surface area contributed by atoms with Crippen LogP contribution >= 0.6 is 0 Å². The molecule has 0 radical (unpaired) electrons. The molecule has 3 aromatic carbocycles. The maximum Gasteiger partial charge on any atom is 0.262 e. The molecular formula is C25H21N3O3. The van der Waals surface area contributed by atoms with E-state index in [9.17, 15) is 9.59 Å². The van der Waals surface area contributed by atoms with Gasteiger partial charge in [0.1, 0.15) is 11.6 Å². The third kappa shape index (κ3) is 5.05. The van der Waals surface area contributed by atoms with Gasteiger partial charge in [0.2, 0.25) is 0 Å². The number of amides is 2. The van der Waals surface area contributed by atoms with Crippen molar-refractivity contribution in [1.29, 1.82) is 0 Å². The smallest absolute Gasteiger partial charge is 0.262 e. The number of anilines is 2. The molecule has 2 N–H and O–H groups in total. The fourth-order valence-corrected chi connectivity index (χ4v) is 3.19. The highest BCUT2D eigenvalue weighted by Gasteiger charge is 2.10. The first kappa shape index (κ1) is 20.1. The SMILES string of the molecule is Cc1ccnc(NC(=O)c2cccc(NC(=O)COc3cccc4ccccc34)c2)c1. The average molecular weight is 411 g/mol.